The first-order chi connectivity index (χ1) is 9.11. The molecular formula is C14H17ClFNO2. The molecule has 0 saturated carbocycles. The van der Waals surface area contributed by atoms with Gasteiger partial charge in [-0.3, -0.25) is 9.69 Å². The molecule has 104 valence electrons. The first kappa shape index (κ1) is 14.3. The van der Waals surface area contributed by atoms with E-state index < -0.39 is 17.8 Å². The minimum atomic E-state index is -1.05. The van der Waals surface area contributed by atoms with Gasteiger partial charge in [-0.15, -0.1) is 0 Å². The Morgan fingerprint density at radius 1 is 1.26 bits per heavy atom. The zero-order valence-corrected chi connectivity index (χ0v) is 11.4. The van der Waals surface area contributed by atoms with E-state index in [0.29, 0.717) is 13.1 Å². The Morgan fingerprint density at radius 2 is 1.89 bits per heavy atom. The van der Waals surface area contributed by atoms with Crippen molar-refractivity contribution in [3.05, 3.63) is 34.6 Å². The van der Waals surface area contributed by atoms with Crippen LogP contribution in [0, 0.1) is 5.82 Å². The van der Waals surface area contributed by atoms with Gasteiger partial charge in [-0.25, -0.2) is 4.39 Å². The van der Waals surface area contributed by atoms with E-state index in [1.807, 2.05) is 4.90 Å². The van der Waals surface area contributed by atoms with Crippen LogP contribution < -0.4 is 0 Å². The molecule has 1 unspecified atom stereocenters. The number of halogens is 2. The lowest BCUT2D eigenvalue weighted by Gasteiger charge is -2.28. The highest BCUT2D eigenvalue weighted by Crippen LogP contribution is 2.31. The molecule has 1 saturated heterocycles. The van der Waals surface area contributed by atoms with Gasteiger partial charge < -0.3 is 5.11 Å². The second kappa shape index (κ2) is 6.35. The molecule has 0 spiro atoms. The molecule has 1 fully saturated rings. The van der Waals surface area contributed by atoms with Crippen LogP contribution in [-0.2, 0) is 4.79 Å². The number of rotatable bonds is 3. The molecule has 1 aromatic rings. The monoisotopic (exact) mass is 285 g/mol. The van der Waals surface area contributed by atoms with Gasteiger partial charge >= 0.3 is 5.97 Å². The zero-order valence-electron chi connectivity index (χ0n) is 10.6. The molecule has 0 amide bonds. The Labute approximate surface area is 117 Å². The molecule has 19 heavy (non-hydrogen) atoms. The summed E-state index contributed by atoms with van der Waals surface area (Å²) < 4.78 is 13.9. The van der Waals surface area contributed by atoms with Crippen LogP contribution in [0.4, 0.5) is 4.39 Å². The van der Waals surface area contributed by atoms with E-state index in [2.05, 4.69) is 0 Å². The Bertz CT molecular complexity index is 439. The Hall–Kier alpha value is -1.13. The average molecular weight is 286 g/mol. The predicted molar refractivity (Wildman–Crippen MR) is 71.8 cm³/mol. The SMILES string of the molecule is O=C(O)C(c1c(F)cccc1Cl)N1CCCCCC1. The number of carboxylic acid groups (broad SMARTS) is 1. The average Bonchev–Trinajstić information content (AvgIpc) is 2.62. The molecule has 1 heterocycles. The fourth-order valence-corrected chi connectivity index (χ4v) is 2.85. The number of nitrogens with zero attached hydrogens (tertiary/aromatic N) is 1. The molecule has 0 radical (unpaired) electrons. The van der Waals surface area contributed by atoms with E-state index in [1.54, 1.807) is 0 Å². The van der Waals surface area contributed by atoms with Crippen molar-refractivity contribution in [3.8, 4) is 0 Å². The largest absolute Gasteiger partial charge is 0.480 e. The summed E-state index contributed by atoms with van der Waals surface area (Å²) in [5, 5.41) is 9.63. The van der Waals surface area contributed by atoms with Gasteiger partial charge in [0.1, 0.15) is 11.9 Å². The minimum absolute atomic E-state index is 0.0820. The first-order valence-electron chi connectivity index (χ1n) is 6.52. The summed E-state index contributed by atoms with van der Waals surface area (Å²) in [5.41, 5.74) is 0.0820. The van der Waals surface area contributed by atoms with E-state index in [-0.39, 0.29) is 10.6 Å². The number of hydrogen-bond acceptors (Lipinski definition) is 2. The number of hydrogen-bond donors (Lipinski definition) is 1. The third kappa shape index (κ3) is 3.25. The van der Waals surface area contributed by atoms with Crippen molar-refractivity contribution in [1.82, 2.24) is 4.90 Å². The second-order valence-electron chi connectivity index (χ2n) is 4.83. The summed E-state index contributed by atoms with van der Waals surface area (Å²) in [6.45, 7) is 1.34. The maximum Gasteiger partial charge on any atom is 0.325 e. The molecule has 3 nitrogen and oxygen atoms in total. The smallest absolute Gasteiger partial charge is 0.325 e. The number of carboxylic acids is 1. The van der Waals surface area contributed by atoms with E-state index in [1.165, 1.54) is 18.2 Å². The highest BCUT2D eigenvalue weighted by Gasteiger charge is 2.31. The van der Waals surface area contributed by atoms with Gasteiger partial charge in [0.2, 0.25) is 0 Å². The van der Waals surface area contributed by atoms with Crippen LogP contribution in [0.1, 0.15) is 37.3 Å². The summed E-state index contributed by atoms with van der Waals surface area (Å²) in [7, 11) is 0. The highest BCUT2D eigenvalue weighted by molar-refractivity contribution is 6.31. The van der Waals surface area contributed by atoms with Crippen LogP contribution in [-0.4, -0.2) is 29.1 Å². The van der Waals surface area contributed by atoms with Gasteiger partial charge in [0.15, 0.2) is 0 Å². The van der Waals surface area contributed by atoms with Crippen molar-refractivity contribution in [2.24, 2.45) is 0 Å². The molecular weight excluding hydrogens is 269 g/mol. The first-order valence-corrected chi connectivity index (χ1v) is 6.90. The lowest BCUT2D eigenvalue weighted by atomic mass is 10.0. The van der Waals surface area contributed by atoms with Crippen molar-refractivity contribution in [1.29, 1.82) is 0 Å². The van der Waals surface area contributed by atoms with Crippen LogP contribution >= 0.6 is 11.6 Å². The lowest BCUT2D eigenvalue weighted by Crippen LogP contribution is -2.35. The standard InChI is InChI=1S/C14H17ClFNO2/c15-10-6-5-7-11(16)12(10)13(14(18)19)17-8-3-1-2-4-9-17/h5-7,13H,1-4,8-9H2,(H,18,19). The molecule has 1 aromatic carbocycles. The van der Waals surface area contributed by atoms with Crippen LogP contribution in [0.5, 0.6) is 0 Å². The molecule has 1 aliphatic rings. The summed E-state index contributed by atoms with van der Waals surface area (Å²) in [4.78, 5) is 13.4. The van der Waals surface area contributed by atoms with Gasteiger partial charge in [-0.05, 0) is 38.1 Å². The zero-order chi connectivity index (χ0) is 13.8. The van der Waals surface area contributed by atoms with Crippen LogP contribution in [0.3, 0.4) is 0 Å². The van der Waals surface area contributed by atoms with Crippen molar-refractivity contribution < 1.29 is 14.3 Å². The fourth-order valence-electron chi connectivity index (χ4n) is 2.59. The van der Waals surface area contributed by atoms with Gasteiger partial charge in [0, 0.05) is 10.6 Å². The normalized spacial score (nSPS) is 18.8. The van der Waals surface area contributed by atoms with E-state index in [0.717, 1.165) is 25.7 Å². The molecule has 1 atom stereocenters. The molecule has 0 aromatic heterocycles. The molecule has 1 aliphatic heterocycles. The van der Waals surface area contributed by atoms with E-state index >= 15 is 0 Å². The highest BCUT2D eigenvalue weighted by atomic mass is 35.5. The van der Waals surface area contributed by atoms with Gasteiger partial charge in [-0.1, -0.05) is 30.5 Å². The van der Waals surface area contributed by atoms with Crippen molar-refractivity contribution >= 4 is 17.6 Å². The minimum Gasteiger partial charge on any atom is -0.480 e. The predicted octanol–water partition coefficient (Wildman–Crippen LogP) is 3.48. The van der Waals surface area contributed by atoms with Crippen LogP contribution in [0.2, 0.25) is 5.02 Å². The third-order valence-corrected chi connectivity index (χ3v) is 3.84. The Morgan fingerprint density at radius 3 is 2.42 bits per heavy atom. The quantitative estimate of drug-likeness (QED) is 0.924. The topological polar surface area (TPSA) is 40.5 Å². The molecule has 1 N–H and O–H groups in total. The van der Waals surface area contributed by atoms with Crippen molar-refractivity contribution in [3.63, 3.8) is 0 Å². The number of aliphatic carboxylic acids is 1. The molecule has 5 heteroatoms. The van der Waals surface area contributed by atoms with Gasteiger partial charge in [-0.2, -0.15) is 0 Å². The van der Waals surface area contributed by atoms with Crippen LogP contribution in [0.25, 0.3) is 0 Å². The summed E-state index contributed by atoms with van der Waals surface area (Å²) >= 11 is 6.00. The Kier molecular flexibility index (Phi) is 4.77. The summed E-state index contributed by atoms with van der Waals surface area (Å²) in [6.07, 6.45) is 4.06. The van der Waals surface area contributed by atoms with E-state index in [9.17, 15) is 14.3 Å². The maximum atomic E-state index is 13.9. The Balaban J connectivity index is 2.36. The van der Waals surface area contributed by atoms with E-state index in [4.69, 9.17) is 11.6 Å². The second-order valence-corrected chi connectivity index (χ2v) is 5.23. The van der Waals surface area contributed by atoms with Gasteiger partial charge in [0.05, 0.1) is 0 Å². The fraction of sp³-hybridized carbons (Fsp3) is 0.500. The van der Waals surface area contributed by atoms with Crippen LogP contribution in [0.15, 0.2) is 18.2 Å². The maximum absolute atomic E-state index is 13.9. The van der Waals surface area contributed by atoms with Gasteiger partial charge in [0.25, 0.3) is 0 Å². The number of carbonyl (C=O) groups is 1. The van der Waals surface area contributed by atoms with Crippen molar-refractivity contribution in [2.45, 2.75) is 31.7 Å². The molecule has 0 bridgehead atoms. The summed E-state index contributed by atoms with van der Waals surface area (Å²) in [6, 6.07) is 3.29. The third-order valence-electron chi connectivity index (χ3n) is 3.51. The number of likely N-dealkylation sites (tertiary alicyclic amines) is 1. The number of benzene rings is 1. The molecule has 2 rings (SSSR count). The summed E-state index contributed by atoms with van der Waals surface area (Å²) in [5.74, 6) is -1.60. The molecule has 0 aliphatic carbocycles. The lowest BCUT2D eigenvalue weighted by molar-refractivity contribution is -0.143. The van der Waals surface area contributed by atoms with Crippen molar-refractivity contribution in [2.75, 3.05) is 13.1 Å².